The highest BCUT2D eigenvalue weighted by Gasteiger charge is 2.34. The molecule has 0 spiro atoms. The molecule has 0 fully saturated rings. The molecule has 1 aromatic carbocycles. The molecule has 0 aliphatic heterocycles. The van der Waals surface area contributed by atoms with Crippen LogP contribution < -0.4 is 5.32 Å². The number of nitrogens with zero attached hydrogens (tertiary/aromatic N) is 2. The van der Waals surface area contributed by atoms with Crippen LogP contribution >= 0.6 is 11.6 Å². The van der Waals surface area contributed by atoms with Crippen LogP contribution in [0.25, 0.3) is 0 Å². The normalized spacial score (nSPS) is 11.5. The molecular weight excluding hydrogens is 319 g/mol. The Balaban J connectivity index is 1.98. The zero-order valence-electron chi connectivity index (χ0n) is 11.6. The number of hydrogen-bond acceptors (Lipinski definition) is 2. The van der Waals surface area contributed by atoms with Crippen molar-refractivity contribution in [3.63, 3.8) is 0 Å². The Hall–Kier alpha value is -2.02. The minimum Gasteiger partial charge on any atom is -0.350 e. The molecule has 0 saturated carbocycles. The highest BCUT2D eigenvalue weighted by Crippen LogP contribution is 2.28. The molecule has 1 heterocycles. The summed E-state index contributed by atoms with van der Waals surface area (Å²) in [6.07, 6.45) is -4.52. The topological polar surface area (TPSA) is 46.9 Å². The van der Waals surface area contributed by atoms with Crippen LogP contribution in [0.2, 0.25) is 5.02 Å². The molecule has 4 nitrogen and oxygen atoms in total. The number of aromatic nitrogens is 2. The summed E-state index contributed by atoms with van der Waals surface area (Å²) >= 11 is 5.95. The van der Waals surface area contributed by atoms with Crippen molar-refractivity contribution in [2.24, 2.45) is 0 Å². The fraction of sp³-hybridized carbons (Fsp3) is 0.286. The molecule has 0 radical (unpaired) electrons. The first-order valence-corrected chi connectivity index (χ1v) is 6.77. The first-order valence-electron chi connectivity index (χ1n) is 6.39. The van der Waals surface area contributed by atoms with E-state index in [0.717, 1.165) is 16.3 Å². The van der Waals surface area contributed by atoms with Gasteiger partial charge in [-0.05, 0) is 24.6 Å². The van der Waals surface area contributed by atoms with Crippen molar-refractivity contribution < 1.29 is 18.0 Å². The van der Waals surface area contributed by atoms with E-state index in [9.17, 15) is 18.0 Å². The molecule has 0 unspecified atom stereocenters. The molecule has 0 saturated heterocycles. The van der Waals surface area contributed by atoms with Crippen molar-refractivity contribution >= 4 is 17.5 Å². The van der Waals surface area contributed by atoms with Crippen LogP contribution in [0, 0.1) is 6.92 Å². The van der Waals surface area contributed by atoms with Crippen LogP contribution in [0.4, 0.5) is 13.2 Å². The number of carbonyl (C=O) groups is 1. The number of halogens is 4. The van der Waals surface area contributed by atoms with E-state index in [2.05, 4.69) is 10.4 Å². The highest BCUT2D eigenvalue weighted by molar-refractivity contribution is 6.31. The second-order valence-corrected chi connectivity index (χ2v) is 5.10. The van der Waals surface area contributed by atoms with E-state index in [1.165, 1.54) is 6.92 Å². The maximum absolute atomic E-state index is 12.5. The number of carbonyl (C=O) groups excluding carboxylic acids is 1. The monoisotopic (exact) mass is 331 g/mol. The zero-order valence-corrected chi connectivity index (χ0v) is 12.4. The maximum atomic E-state index is 12.5. The lowest BCUT2D eigenvalue weighted by atomic mass is 10.2. The average molecular weight is 332 g/mol. The summed E-state index contributed by atoms with van der Waals surface area (Å²) in [6, 6.07) is 7.89. The minimum atomic E-state index is -4.52. The third-order valence-electron chi connectivity index (χ3n) is 3.00. The van der Waals surface area contributed by atoms with Crippen LogP contribution in [0.15, 0.2) is 30.3 Å². The third-order valence-corrected chi connectivity index (χ3v) is 3.37. The molecular formula is C14H13ClF3N3O. The van der Waals surface area contributed by atoms with Gasteiger partial charge in [0.2, 0.25) is 5.91 Å². The van der Waals surface area contributed by atoms with Crippen LogP contribution in [0.1, 0.15) is 17.0 Å². The highest BCUT2D eigenvalue weighted by atomic mass is 35.5. The van der Waals surface area contributed by atoms with Gasteiger partial charge in [-0.15, -0.1) is 0 Å². The van der Waals surface area contributed by atoms with E-state index < -0.39 is 17.8 Å². The molecule has 2 rings (SSSR count). The van der Waals surface area contributed by atoms with Crippen molar-refractivity contribution in [1.82, 2.24) is 15.1 Å². The second kappa shape index (κ2) is 6.39. The predicted molar refractivity (Wildman–Crippen MR) is 75.3 cm³/mol. The van der Waals surface area contributed by atoms with E-state index in [1.807, 2.05) is 0 Å². The number of amides is 1. The standard InChI is InChI=1S/C14H13ClF3N3O/c1-9-6-12(14(16,17)18)20-21(9)8-13(22)19-7-10-4-2-3-5-11(10)15/h2-6H,7-8H2,1H3,(H,19,22). The Bertz CT molecular complexity index is 682. The average Bonchev–Trinajstić information content (AvgIpc) is 2.79. The van der Waals surface area contributed by atoms with Crippen molar-refractivity contribution in [3.05, 3.63) is 52.3 Å². The van der Waals surface area contributed by atoms with Gasteiger partial charge in [0.05, 0.1) is 0 Å². The molecule has 0 aliphatic rings. The molecule has 1 amide bonds. The lowest BCUT2D eigenvalue weighted by Crippen LogP contribution is -2.28. The molecule has 0 atom stereocenters. The summed E-state index contributed by atoms with van der Waals surface area (Å²) < 4.78 is 38.6. The first-order chi connectivity index (χ1) is 10.3. The van der Waals surface area contributed by atoms with Gasteiger partial charge < -0.3 is 5.32 Å². The number of nitrogens with one attached hydrogen (secondary N) is 1. The lowest BCUT2D eigenvalue weighted by molar-refractivity contribution is -0.141. The fourth-order valence-electron chi connectivity index (χ4n) is 1.84. The molecule has 0 aliphatic carbocycles. The molecule has 2 aromatic rings. The van der Waals surface area contributed by atoms with Gasteiger partial charge in [0, 0.05) is 17.3 Å². The van der Waals surface area contributed by atoms with E-state index in [0.29, 0.717) is 5.02 Å². The fourth-order valence-corrected chi connectivity index (χ4v) is 2.04. The van der Waals surface area contributed by atoms with E-state index >= 15 is 0 Å². The van der Waals surface area contributed by atoms with Crippen LogP contribution in [-0.2, 0) is 24.1 Å². The van der Waals surface area contributed by atoms with Crippen molar-refractivity contribution in [2.75, 3.05) is 0 Å². The summed E-state index contributed by atoms with van der Waals surface area (Å²) in [7, 11) is 0. The molecule has 22 heavy (non-hydrogen) atoms. The van der Waals surface area contributed by atoms with Crippen LogP contribution in [0.3, 0.4) is 0 Å². The number of benzene rings is 1. The zero-order chi connectivity index (χ0) is 16.3. The molecule has 1 aromatic heterocycles. The number of rotatable bonds is 4. The summed E-state index contributed by atoms with van der Waals surface area (Å²) in [4.78, 5) is 11.8. The Morgan fingerprint density at radius 3 is 2.64 bits per heavy atom. The van der Waals surface area contributed by atoms with Crippen molar-refractivity contribution in [1.29, 1.82) is 0 Å². The van der Waals surface area contributed by atoms with Crippen molar-refractivity contribution in [3.8, 4) is 0 Å². The lowest BCUT2D eigenvalue weighted by Gasteiger charge is -2.08. The summed E-state index contributed by atoms with van der Waals surface area (Å²) in [5.74, 6) is -0.445. The number of hydrogen-bond donors (Lipinski definition) is 1. The van der Waals surface area contributed by atoms with Gasteiger partial charge >= 0.3 is 6.18 Å². The van der Waals surface area contributed by atoms with E-state index in [-0.39, 0.29) is 18.8 Å². The summed E-state index contributed by atoms with van der Waals surface area (Å²) in [6.45, 7) is 1.38. The van der Waals surface area contributed by atoms with Gasteiger partial charge in [0.1, 0.15) is 6.54 Å². The molecule has 0 bridgehead atoms. The van der Waals surface area contributed by atoms with E-state index in [1.54, 1.807) is 24.3 Å². The first kappa shape index (κ1) is 16.4. The van der Waals surface area contributed by atoms with Crippen LogP contribution in [0.5, 0.6) is 0 Å². The predicted octanol–water partition coefficient (Wildman–Crippen LogP) is 3.18. The smallest absolute Gasteiger partial charge is 0.350 e. The third kappa shape index (κ3) is 4.00. The molecule has 8 heteroatoms. The SMILES string of the molecule is Cc1cc(C(F)(F)F)nn1CC(=O)NCc1ccccc1Cl. The Morgan fingerprint density at radius 1 is 1.36 bits per heavy atom. The second-order valence-electron chi connectivity index (χ2n) is 4.69. The molecule has 118 valence electrons. The van der Waals surface area contributed by atoms with Crippen molar-refractivity contribution in [2.45, 2.75) is 26.2 Å². The quantitative estimate of drug-likeness (QED) is 0.935. The Morgan fingerprint density at radius 2 is 2.05 bits per heavy atom. The number of alkyl halides is 3. The maximum Gasteiger partial charge on any atom is 0.435 e. The van der Waals surface area contributed by atoms with Gasteiger partial charge in [-0.3, -0.25) is 9.48 Å². The summed E-state index contributed by atoms with van der Waals surface area (Å²) in [5.41, 5.74) is -0.0187. The Kier molecular flexibility index (Phi) is 4.75. The number of aryl methyl sites for hydroxylation is 1. The largest absolute Gasteiger partial charge is 0.435 e. The van der Waals surface area contributed by atoms with Gasteiger partial charge in [-0.1, -0.05) is 29.8 Å². The van der Waals surface area contributed by atoms with Crippen LogP contribution in [-0.4, -0.2) is 15.7 Å². The van der Waals surface area contributed by atoms with Gasteiger partial charge in [0.15, 0.2) is 5.69 Å². The van der Waals surface area contributed by atoms with Gasteiger partial charge in [-0.2, -0.15) is 18.3 Å². The van der Waals surface area contributed by atoms with Gasteiger partial charge in [-0.25, -0.2) is 0 Å². The molecule has 1 N–H and O–H groups in total. The van der Waals surface area contributed by atoms with E-state index in [4.69, 9.17) is 11.6 Å². The summed E-state index contributed by atoms with van der Waals surface area (Å²) in [5, 5.41) is 6.51. The Labute approximate surface area is 129 Å². The minimum absolute atomic E-state index is 0.199. The van der Waals surface area contributed by atoms with Gasteiger partial charge in [0.25, 0.3) is 0 Å².